The van der Waals surface area contributed by atoms with Crippen molar-refractivity contribution < 1.29 is 79.0 Å². The van der Waals surface area contributed by atoms with Gasteiger partial charge in [0.25, 0.3) is 7.82 Å². The third-order valence-corrected chi connectivity index (χ3v) is 21.9. The molecule has 1 radical (unpaired) electrons. The molecule has 15 atom stereocenters. The molecule has 1 aromatic heterocycles. The minimum absolute atomic E-state index is 0. The number of imidazole rings is 1. The number of aliphatic hydroxyl groups excluding tert-OH is 2. The summed E-state index contributed by atoms with van der Waals surface area (Å²) < 4.78 is 31.9. The van der Waals surface area contributed by atoms with Gasteiger partial charge >= 0.3 is 16.8 Å². The molecule has 0 saturated carbocycles. The van der Waals surface area contributed by atoms with Crippen LogP contribution in [0.1, 0.15) is 164 Å². The maximum absolute atomic E-state index is 14.3. The van der Waals surface area contributed by atoms with E-state index < -0.39 is 132 Å². The molecule has 2 fully saturated rings. The number of aryl methyl sites for hydroxylation is 2. The molecule has 0 aliphatic carbocycles. The molecule has 1 aromatic carbocycles. The fraction of sp³-hybridized carbons (Fsp3) is 0.652. The van der Waals surface area contributed by atoms with Crippen molar-refractivity contribution in [3.8, 4) is 0 Å². The first-order chi connectivity index (χ1) is 43.4. The number of aliphatic imine (C=N–C) groups is 3. The fourth-order valence-corrected chi connectivity index (χ4v) is 16.6. The van der Waals surface area contributed by atoms with E-state index >= 15 is 0 Å². The number of hydrogen-bond donors (Lipinski definition) is 9. The Morgan fingerprint density at radius 2 is 1.48 bits per heavy atom. The zero-order valence-corrected chi connectivity index (χ0v) is 58.6. The molecule has 28 heteroatoms. The van der Waals surface area contributed by atoms with Crippen molar-refractivity contribution in [2.75, 3.05) is 26.7 Å². The van der Waals surface area contributed by atoms with E-state index in [1.807, 2.05) is 101 Å². The molecule has 0 spiro atoms. The van der Waals surface area contributed by atoms with Gasteiger partial charge in [0.2, 0.25) is 35.4 Å². The molecular formula is C66H99CoN13O13P-. The second-order valence-electron chi connectivity index (χ2n) is 27.7. The van der Waals surface area contributed by atoms with Gasteiger partial charge in [0.15, 0.2) is 6.23 Å². The van der Waals surface area contributed by atoms with Crippen LogP contribution in [0.25, 0.3) is 16.4 Å². The number of ether oxygens (including phenoxy) is 1. The van der Waals surface area contributed by atoms with E-state index in [1.165, 1.54) is 13.3 Å². The van der Waals surface area contributed by atoms with E-state index in [9.17, 15) is 48.4 Å². The number of benzene rings is 1. The Hall–Kier alpha value is -6.00. The Balaban J connectivity index is 0.00000225. The number of nitrogens with two attached hydrogens (primary N) is 5. The minimum atomic E-state index is -5.30. The van der Waals surface area contributed by atoms with Crippen LogP contribution in [-0.4, -0.2) is 135 Å². The van der Waals surface area contributed by atoms with Crippen molar-refractivity contribution in [2.24, 2.45) is 89.0 Å². The zero-order chi connectivity index (χ0) is 69.2. The SMILES string of the molecule is CCCC1C2=NC(=C(/C)C3=NC(C)(C4[N-]/C(=C(/C)C5=N/C(=C\2)C(C)(C)C5CCC(N)=O)C(C)(CCC(=O)NCC(C)OP(=O)([O-])OC2C(CO)OC(n5cnc6cc(C)c(C)cc65)C2O)C4CC(N)=O)C(C)(CC(N)=O)C3CCC(N)=O)/C1(C)CC(N)=O.[CH2-]CCNC.[Co+2]. The molecule has 94 heavy (non-hydrogen) atoms. The monoisotopic (exact) mass is 1370 g/mol. The number of hydrogen-bond acceptors (Lipinski definition) is 18. The van der Waals surface area contributed by atoms with E-state index in [-0.39, 0.29) is 87.0 Å². The molecular weight excluding hydrogens is 1270 g/mol. The van der Waals surface area contributed by atoms with Crippen molar-refractivity contribution >= 4 is 71.4 Å². The number of nitrogens with zero attached hydrogens (tertiary/aromatic N) is 6. The van der Waals surface area contributed by atoms with Crippen LogP contribution in [0.2, 0.25) is 0 Å². The van der Waals surface area contributed by atoms with Gasteiger partial charge in [0.1, 0.15) is 18.3 Å². The minimum Gasteiger partial charge on any atom is -0.756 e. The number of carbonyl (C=O) groups is 6. The second-order valence-corrected chi connectivity index (χ2v) is 29.0. The average Bonchev–Trinajstić information content (AvgIpc) is 1.53. The number of fused-ring (bicyclic) bond motifs is 7. The summed E-state index contributed by atoms with van der Waals surface area (Å²) in [6, 6.07) is 2.73. The smallest absolute Gasteiger partial charge is 0.756 e. The maximum Gasteiger partial charge on any atom is 2.00 e. The first-order valence-electron chi connectivity index (χ1n) is 32.2. The van der Waals surface area contributed by atoms with E-state index in [4.69, 9.17) is 62.7 Å². The Morgan fingerprint density at radius 3 is 2.04 bits per heavy atom. The van der Waals surface area contributed by atoms with Gasteiger partial charge in [-0.1, -0.05) is 54.0 Å². The van der Waals surface area contributed by atoms with E-state index in [2.05, 4.69) is 22.5 Å². The number of aliphatic hydroxyl groups is 2. The van der Waals surface area contributed by atoms with Gasteiger partial charge in [-0.15, -0.1) is 0 Å². The van der Waals surface area contributed by atoms with Gasteiger partial charge in [-0.3, -0.25) is 48.3 Å². The van der Waals surface area contributed by atoms with Crippen molar-refractivity contribution in [1.82, 2.24) is 20.2 Å². The van der Waals surface area contributed by atoms with Crippen LogP contribution in [-0.2, 0) is 63.9 Å². The quantitative estimate of drug-likeness (QED) is 0.0406. The number of amides is 6. The molecule has 26 nitrogen and oxygen atoms in total. The van der Waals surface area contributed by atoms with E-state index in [1.54, 1.807) is 4.57 Å². The van der Waals surface area contributed by atoms with Crippen LogP contribution in [0.3, 0.4) is 0 Å². The number of aromatic nitrogens is 2. The van der Waals surface area contributed by atoms with Gasteiger partial charge in [-0.05, 0) is 133 Å². The predicted molar refractivity (Wildman–Crippen MR) is 352 cm³/mol. The van der Waals surface area contributed by atoms with Gasteiger partial charge in [0.05, 0.1) is 41.3 Å². The first-order valence-corrected chi connectivity index (χ1v) is 33.7. The molecule has 2 saturated heterocycles. The topological polar surface area (TPSA) is 434 Å². The van der Waals surface area contributed by atoms with Crippen LogP contribution >= 0.6 is 7.82 Å². The summed E-state index contributed by atoms with van der Waals surface area (Å²) in [4.78, 5) is 115. The Morgan fingerprint density at radius 1 is 0.851 bits per heavy atom. The Labute approximate surface area is 562 Å². The van der Waals surface area contributed by atoms with Crippen LogP contribution in [0, 0.1) is 66.1 Å². The molecule has 2 aromatic rings. The maximum atomic E-state index is 14.3. The Kier molecular flexibility index (Phi) is 24.7. The number of rotatable bonds is 27. The van der Waals surface area contributed by atoms with Crippen molar-refractivity contribution in [2.45, 2.75) is 202 Å². The largest absolute Gasteiger partial charge is 2.00 e. The van der Waals surface area contributed by atoms with Gasteiger partial charge in [0, 0.05) is 102 Å². The van der Waals surface area contributed by atoms with Crippen LogP contribution < -0.4 is 44.2 Å². The summed E-state index contributed by atoms with van der Waals surface area (Å²) >= 11 is 0. The third kappa shape index (κ3) is 15.4. The number of primary amides is 5. The molecule has 8 rings (SSSR count). The number of carbonyl (C=O) groups excluding carboxylic acids is 6. The normalized spacial score (nSPS) is 33.0. The summed E-state index contributed by atoms with van der Waals surface area (Å²) in [5.74, 6) is -5.99. The zero-order valence-electron chi connectivity index (χ0n) is 56.6. The van der Waals surface area contributed by atoms with Gasteiger partial charge in [-0.25, -0.2) is 4.98 Å². The molecule has 6 amide bonds. The Bertz CT molecular complexity index is 3490. The molecule has 6 aliphatic heterocycles. The van der Waals surface area contributed by atoms with Crippen LogP contribution in [0.15, 0.2) is 67.8 Å². The van der Waals surface area contributed by atoms with E-state index in [0.717, 1.165) is 24.1 Å². The van der Waals surface area contributed by atoms with Crippen molar-refractivity contribution in [1.29, 1.82) is 0 Å². The molecule has 6 aliphatic rings. The number of nitrogens with one attached hydrogen (secondary N) is 2. The summed E-state index contributed by atoms with van der Waals surface area (Å²) in [6.45, 7) is 26.2. The summed E-state index contributed by atoms with van der Waals surface area (Å²) in [7, 11) is -3.38. The average molecular weight is 1370 g/mol. The van der Waals surface area contributed by atoms with Crippen molar-refractivity contribution in [3.63, 3.8) is 0 Å². The standard InChI is InChI=1S/C62H91N12O13P.C4H10N.Co/c1-13-14-35-39-24-43-58(7,8)36(15-17-44(63)76)50(71-43)33(5)54-59(9,20-19-49(81)68-27-32(4)86-88(83,84)87-53-42(28-75)85-57(52(53)82)74-29-69-40-21-30(2)31(3)22-41(40)74)38(23-46(65)78)56(72-54)62(12)61(11,26-48(67)80)37(16-18-45(64)77)51(73-62)34(6)55(70-39)60(35,10)25-47(66)79;1-3-4-5-2;/h21-22,24,29,32,35-38,42,52-53,56-57,75,82H,13-20,23,25-28H2,1-12H3,(H13,63,64,65,66,67,68,70,71,72,73,76,77,78,79,80,81,83,84);5H,1,3-4H2,2H3;/q;-1;+2/p-2. The number of phosphoric ester groups is 1. The molecule has 7 heterocycles. The first kappa shape index (κ1) is 77.0. The fourth-order valence-electron chi connectivity index (χ4n) is 15.5. The molecule has 521 valence electrons. The van der Waals surface area contributed by atoms with Gasteiger partial charge in [-0.2, -0.15) is 12.1 Å². The summed E-state index contributed by atoms with van der Waals surface area (Å²) in [5, 5.41) is 33.1. The van der Waals surface area contributed by atoms with Crippen molar-refractivity contribution in [3.05, 3.63) is 76.1 Å². The molecule has 14 N–H and O–H groups in total. The summed E-state index contributed by atoms with van der Waals surface area (Å²) in [5.41, 5.74) is 32.3. The summed E-state index contributed by atoms with van der Waals surface area (Å²) in [6.07, 6.45) is -1.77. The number of phosphoric acid groups is 1. The van der Waals surface area contributed by atoms with Crippen LogP contribution in [0.4, 0.5) is 0 Å². The third-order valence-electron chi connectivity index (χ3n) is 20.8. The molecule has 8 bridgehead atoms. The van der Waals surface area contributed by atoms with E-state index in [0.29, 0.717) is 69.2 Å². The number of allylic oxidation sites excluding steroid dienone is 6. The van der Waals surface area contributed by atoms with Gasteiger partial charge < -0.3 is 85.0 Å². The van der Waals surface area contributed by atoms with Crippen LogP contribution in [0.5, 0.6) is 0 Å². The second kappa shape index (κ2) is 30.2. The molecule has 15 unspecified atom stereocenters. The predicted octanol–water partition coefficient (Wildman–Crippen LogP) is 5.28.